The number of benzene rings is 2. The van der Waals surface area contributed by atoms with Gasteiger partial charge in [-0.25, -0.2) is 9.97 Å². The Morgan fingerprint density at radius 1 is 1.05 bits per heavy atom. The molecule has 1 N–H and O–H groups in total. The molecule has 0 saturated heterocycles. The fourth-order valence-corrected chi connectivity index (χ4v) is 2.32. The number of nitrogens with one attached hydrogen (secondary N) is 1. The molecule has 2 aromatic carbocycles. The highest BCUT2D eigenvalue weighted by Gasteiger charge is 2.08. The topological polar surface area (TPSA) is 47.0 Å². The van der Waals surface area contributed by atoms with Crippen LogP contribution >= 0.6 is 23.2 Å². The van der Waals surface area contributed by atoms with E-state index in [9.17, 15) is 0 Å². The van der Waals surface area contributed by atoms with Crippen LogP contribution in [0.1, 0.15) is 0 Å². The van der Waals surface area contributed by atoms with Crippen molar-refractivity contribution in [2.45, 2.75) is 0 Å². The van der Waals surface area contributed by atoms with E-state index < -0.39 is 0 Å². The molecule has 6 heteroatoms. The van der Waals surface area contributed by atoms with Gasteiger partial charge in [0, 0.05) is 10.4 Å². The third-order valence-corrected chi connectivity index (χ3v) is 3.59. The zero-order valence-corrected chi connectivity index (χ0v) is 12.6. The van der Waals surface area contributed by atoms with E-state index in [1.807, 2.05) is 18.2 Å². The molecule has 1 aromatic heterocycles. The molecular formula is C15H11Cl2N3O. The monoisotopic (exact) mass is 319 g/mol. The second kappa shape index (κ2) is 5.76. The van der Waals surface area contributed by atoms with Crippen LogP contribution in [0.4, 0.5) is 11.5 Å². The van der Waals surface area contributed by atoms with Crippen LogP contribution in [0.25, 0.3) is 10.9 Å². The van der Waals surface area contributed by atoms with Crippen molar-refractivity contribution in [3.8, 4) is 5.75 Å². The van der Waals surface area contributed by atoms with Crippen molar-refractivity contribution in [1.82, 2.24) is 9.97 Å². The van der Waals surface area contributed by atoms with Gasteiger partial charge in [0.05, 0.1) is 23.3 Å². The first kappa shape index (κ1) is 13.9. The number of rotatable bonds is 3. The van der Waals surface area contributed by atoms with Crippen LogP contribution in [0.2, 0.25) is 10.0 Å². The summed E-state index contributed by atoms with van der Waals surface area (Å²) in [6.45, 7) is 0. The Kier molecular flexibility index (Phi) is 3.82. The largest absolute Gasteiger partial charge is 0.497 e. The molecular weight excluding hydrogens is 309 g/mol. The van der Waals surface area contributed by atoms with Crippen molar-refractivity contribution in [2.24, 2.45) is 0 Å². The minimum Gasteiger partial charge on any atom is -0.497 e. The summed E-state index contributed by atoms with van der Waals surface area (Å²) < 4.78 is 5.24. The first-order valence-electron chi connectivity index (χ1n) is 6.18. The van der Waals surface area contributed by atoms with Gasteiger partial charge in [0.25, 0.3) is 0 Å². The van der Waals surface area contributed by atoms with Crippen molar-refractivity contribution in [1.29, 1.82) is 0 Å². The summed E-state index contributed by atoms with van der Waals surface area (Å²) >= 11 is 12.2. The lowest BCUT2D eigenvalue weighted by Crippen LogP contribution is -1.97. The van der Waals surface area contributed by atoms with Gasteiger partial charge in [0.1, 0.15) is 17.9 Å². The lowest BCUT2D eigenvalue weighted by atomic mass is 10.2. The van der Waals surface area contributed by atoms with Crippen molar-refractivity contribution in [3.05, 3.63) is 52.8 Å². The Morgan fingerprint density at radius 2 is 1.90 bits per heavy atom. The van der Waals surface area contributed by atoms with Crippen LogP contribution in [-0.2, 0) is 0 Å². The van der Waals surface area contributed by atoms with Crippen molar-refractivity contribution in [3.63, 3.8) is 0 Å². The summed E-state index contributed by atoms with van der Waals surface area (Å²) in [5, 5.41) is 5.18. The number of hydrogen-bond acceptors (Lipinski definition) is 4. The Morgan fingerprint density at radius 3 is 2.71 bits per heavy atom. The van der Waals surface area contributed by atoms with Crippen molar-refractivity contribution < 1.29 is 4.74 Å². The van der Waals surface area contributed by atoms with E-state index in [1.165, 1.54) is 6.33 Å². The number of anilines is 2. The maximum absolute atomic E-state index is 6.17. The first-order chi connectivity index (χ1) is 10.2. The highest BCUT2D eigenvalue weighted by atomic mass is 35.5. The number of halogens is 2. The Hall–Kier alpha value is -2.04. The maximum atomic E-state index is 6.17. The van der Waals surface area contributed by atoms with Gasteiger partial charge >= 0.3 is 0 Å². The molecule has 3 rings (SSSR count). The summed E-state index contributed by atoms with van der Waals surface area (Å²) in [6, 6.07) is 10.8. The summed E-state index contributed by atoms with van der Waals surface area (Å²) in [5.41, 5.74) is 1.50. The van der Waals surface area contributed by atoms with Crippen molar-refractivity contribution in [2.75, 3.05) is 12.4 Å². The third-order valence-electron chi connectivity index (χ3n) is 3.02. The van der Waals surface area contributed by atoms with Gasteiger partial charge in [-0.1, -0.05) is 23.2 Å². The van der Waals surface area contributed by atoms with Crippen LogP contribution in [-0.4, -0.2) is 17.1 Å². The number of methoxy groups -OCH3 is 1. The molecule has 0 aliphatic carbocycles. The minimum absolute atomic E-state index is 0.564. The molecule has 0 aliphatic heterocycles. The lowest BCUT2D eigenvalue weighted by molar-refractivity contribution is 0.415. The average molecular weight is 320 g/mol. The molecule has 0 spiro atoms. The molecule has 0 radical (unpaired) electrons. The number of aromatic nitrogens is 2. The summed E-state index contributed by atoms with van der Waals surface area (Å²) in [4.78, 5) is 8.50. The van der Waals surface area contributed by atoms with E-state index in [0.717, 1.165) is 16.7 Å². The number of fused-ring (bicyclic) bond motifs is 1. The summed E-state index contributed by atoms with van der Waals surface area (Å²) in [6.07, 6.45) is 1.50. The minimum atomic E-state index is 0.564. The molecule has 0 atom stereocenters. The van der Waals surface area contributed by atoms with Gasteiger partial charge in [0.15, 0.2) is 0 Å². The van der Waals surface area contributed by atoms with Gasteiger partial charge < -0.3 is 10.1 Å². The van der Waals surface area contributed by atoms with Crippen LogP contribution in [0, 0.1) is 0 Å². The number of ether oxygens (including phenoxy) is 1. The third kappa shape index (κ3) is 2.86. The second-order valence-corrected chi connectivity index (χ2v) is 5.20. The van der Waals surface area contributed by atoms with Crippen molar-refractivity contribution >= 4 is 45.6 Å². The maximum Gasteiger partial charge on any atom is 0.141 e. The van der Waals surface area contributed by atoms with E-state index in [1.54, 1.807) is 25.3 Å². The second-order valence-electron chi connectivity index (χ2n) is 4.35. The molecule has 0 amide bonds. The number of nitrogens with zero attached hydrogens (tertiary/aromatic N) is 2. The molecule has 0 bridgehead atoms. The van der Waals surface area contributed by atoms with Gasteiger partial charge in [-0.05, 0) is 36.4 Å². The Bertz CT molecular complexity index is 808. The SMILES string of the molecule is COc1ccc2ncnc(Nc3cc(Cl)ccc3Cl)c2c1. The van der Waals surface area contributed by atoms with E-state index in [0.29, 0.717) is 21.6 Å². The molecule has 0 fully saturated rings. The highest BCUT2D eigenvalue weighted by Crippen LogP contribution is 2.31. The smallest absolute Gasteiger partial charge is 0.141 e. The van der Waals surface area contributed by atoms with Crippen LogP contribution < -0.4 is 10.1 Å². The lowest BCUT2D eigenvalue weighted by Gasteiger charge is -2.11. The molecule has 4 nitrogen and oxygen atoms in total. The molecule has 0 saturated carbocycles. The summed E-state index contributed by atoms with van der Waals surface area (Å²) in [5.74, 6) is 1.38. The predicted octanol–water partition coefficient (Wildman–Crippen LogP) is 4.69. The quantitative estimate of drug-likeness (QED) is 0.760. The Balaban J connectivity index is 2.09. The fourth-order valence-electron chi connectivity index (χ4n) is 1.98. The van der Waals surface area contributed by atoms with Gasteiger partial charge in [-0.2, -0.15) is 0 Å². The molecule has 106 valence electrons. The summed E-state index contributed by atoms with van der Waals surface area (Å²) in [7, 11) is 1.62. The molecule has 21 heavy (non-hydrogen) atoms. The van der Waals surface area contributed by atoms with Gasteiger partial charge in [-0.3, -0.25) is 0 Å². The van der Waals surface area contributed by atoms with E-state index in [2.05, 4.69) is 15.3 Å². The van der Waals surface area contributed by atoms with E-state index in [4.69, 9.17) is 27.9 Å². The van der Waals surface area contributed by atoms with E-state index in [-0.39, 0.29) is 0 Å². The van der Waals surface area contributed by atoms with Crippen LogP contribution in [0.3, 0.4) is 0 Å². The van der Waals surface area contributed by atoms with E-state index >= 15 is 0 Å². The first-order valence-corrected chi connectivity index (χ1v) is 6.94. The Labute approximate surface area is 131 Å². The molecule has 1 heterocycles. The highest BCUT2D eigenvalue weighted by molar-refractivity contribution is 6.35. The fraction of sp³-hybridized carbons (Fsp3) is 0.0667. The van der Waals surface area contributed by atoms with Gasteiger partial charge in [-0.15, -0.1) is 0 Å². The molecule has 0 aliphatic rings. The van der Waals surface area contributed by atoms with Crippen LogP contribution in [0.5, 0.6) is 5.75 Å². The average Bonchev–Trinajstić information content (AvgIpc) is 2.51. The molecule has 3 aromatic rings. The zero-order valence-electron chi connectivity index (χ0n) is 11.1. The predicted molar refractivity (Wildman–Crippen MR) is 85.8 cm³/mol. The standard InChI is InChI=1S/C15H11Cl2N3O/c1-21-10-3-5-13-11(7-10)15(19-8-18-13)20-14-6-9(16)2-4-12(14)17/h2-8H,1H3,(H,18,19,20). The van der Waals surface area contributed by atoms with Crippen LogP contribution in [0.15, 0.2) is 42.7 Å². The van der Waals surface area contributed by atoms with Gasteiger partial charge in [0.2, 0.25) is 0 Å². The molecule has 0 unspecified atom stereocenters. The normalized spacial score (nSPS) is 10.6. The number of hydrogen-bond donors (Lipinski definition) is 1. The zero-order chi connectivity index (χ0) is 14.8.